The summed E-state index contributed by atoms with van der Waals surface area (Å²) in [5, 5.41) is 10.2. The Kier molecular flexibility index (Phi) is 4.99. The van der Waals surface area contributed by atoms with Crippen LogP contribution < -0.4 is 4.74 Å². The van der Waals surface area contributed by atoms with Gasteiger partial charge < -0.3 is 14.4 Å². The highest BCUT2D eigenvalue weighted by Gasteiger charge is 2.19. The van der Waals surface area contributed by atoms with E-state index < -0.39 is 17.6 Å². The molecule has 0 fully saturated rings. The minimum Gasteiger partial charge on any atom is -0.488 e. The molecule has 0 saturated carbocycles. The van der Waals surface area contributed by atoms with Crippen molar-refractivity contribution in [1.82, 2.24) is 4.57 Å². The Morgan fingerprint density at radius 3 is 2.52 bits per heavy atom. The number of aromatic carboxylic acids is 1. The fourth-order valence-corrected chi connectivity index (χ4v) is 3.30. The van der Waals surface area contributed by atoms with Gasteiger partial charge in [-0.25, -0.2) is 13.6 Å². The molecule has 4 aromatic rings. The molecule has 1 heterocycles. The van der Waals surface area contributed by atoms with Crippen LogP contribution in [0.3, 0.4) is 0 Å². The zero-order valence-electron chi connectivity index (χ0n) is 15.3. The van der Waals surface area contributed by atoms with Gasteiger partial charge in [-0.1, -0.05) is 36.4 Å². The van der Waals surface area contributed by atoms with Gasteiger partial charge in [-0.15, -0.1) is 0 Å². The van der Waals surface area contributed by atoms with E-state index in [-0.39, 0.29) is 17.8 Å². The standard InChI is InChI=1S/C23H17F2NO3/c24-17-9-10-19(25)16(11-17)13-26-20-7-4-8-22(18(20)12-21(26)23(27)28)29-14-15-5-2-1-3-6-15/h1-12H,13-14H2,(H,27,28). The van der Waals surface area contributed by atoms with E-state index in [2.05, 4.69) is 0 Å². The van der Waals surface area contributed by atoms with Gasteiger partial charge in [-0.05, 0) is 42.0 Å². The second-order valence-electron chi connectivity index (χ2n) is 6.62. The first-order valence-corrected chi connectivity index (χ1v) is 8.99. The zero-order valence-corrected chi connectivity index (χ0v) is 15.3. The van der Waals surface area contributed by atoms with E-state index in [1.807, 2.05) is 30.3 Å². The lowest BCUT2D eigenvalue weighted by atomic mass is 10.2. The molecule has 146 valence electrons. The van der Waals surface area contributed by atoms with Gasteiger partial charge in [0.1, 0.15) is 29.7 Å². The predicted molar refractivity (Wildman–Crippen MR) is 105 cm³/mol. The Morgan fingerprint density at radius 2 is 1.76 bits per heavy atom. The van der Waals surface area contributed by atoms with Crippen molar-refractivity contribution in [1.29, 1.82) is 0 Å². The molecule has 0 bridgehead atoms. The maximum absolute atomic E-state index is 14.1. The van der Waals surface area contributed by atoms with Crippen LogP contribution in [0.2, 0.25) is 0 Å². The minimum absolute atomic E-state index is 0.0283. The Labute approximate surface area is 165 Å². The van der Waals surface area contributed by atoms with Gasteiger partial charge in [0.05, 0.1) is 12.1 Å². The van der Waals surface area contributed by atoms with E-state index in [1.165, 1.54) is 10.6 Å². The number of nitrogens with zero attached hydrogens (tertiary/aromatic N) is 1. The molecule has 0 spiro atoms. The first-order valence-electron chi connectivity index (χ1n) is 8.99. The Hall–Kier alpha value is -3.67. The lowest BCUT2D eigenvalue weighted by Crippen LogP contribution is -2.10. The highest BCUT2D eigenvalue weighted by molar-refractivity contribution is 5.97. The second-order valence-corrected chi connectivity index (χ2v) is 6.62. The average molecular weight is 393 g/mol. The van der Waals surface area contributed by atoms with Gasteiger partial charge in [-0.2, -0.15) is 0 Å². The maximum Gasteiger partial charge on any atom is 0.352 e. The molecule has 0 unspecified atom stereocenters. The third kappa shape index (κ3) is 3.82. The Balaban J connectivity index is 1.75. The molecule has 29 heavy (non-hydrogen) atoms. The number of hydrogen-bond donors (Lipinski definition) is 1. The molecule has 4 rings (SSSR count). The number of carboxylic acid groups (broad SMARTS) is 1. The molecule has 0 aliphatic heterocycles. The number of aromatic nitrogens is 1. The van der Waals surface area contributed by atoms with Gasteiger partial charge >= 0.3 is 5.97 Å². The summed E-state index contributed by atoms with van der Waals surface area (Å²) in [7, 11) is 0. The number of benzene rings is 3. The summed E-state index contributed by atoms with van der Waals surface area (Å²) in [6, 6.07) is 19.4. The Bertz CT molecular complexity index is 1190. The number of ether oxygens (including phenoxy) is 1. The van der Waals surface area contributed by atoms with Crippen LogP contribution in [0, 0.1) is 11.6 Å². The largest absolute Gasteiger partial charge is 0.488 e. The zero-order chi connectivity index (χ0) is 20.4. The average Bonchev–Trinajstić information content (AvgIpc) is 3.09. The molecule has 4 nitrogen and oxygen atoms in total. The molecule has 0 aliphatic carbocycles. The first-order chi connectivity index (χ1) is 14.0. The fourth-order valence-electron chi connectivity index (χ4n) is 3.30. The van der Waals surface area contributed by atoms with Gasteiger partial charge in [0.2, 0.25) is 0 Å². The van der Waals surface area contributed by atoms with Crippen molar-refractivity contribution >= 4 is 16.9 Å². The molecule has 0 saturated heterocycles. The fraction of sp³-hybridized carbons (Fsp3) is 0.0870. The predicted octanol–water partition coefficient (Wildman–Crippen LogP) is 5.25. The summed E-state index contributed by atoms with van der Waals surface area (Å²) in [5.41, 5.74) is 1.58. The van der Waals surface area contributed by atoms with Crippen LogP contribution in [0.5, 0.6) is 5.75 Å². The minimum atomic E-state index is -1.16. The SMILES string of the molecule is O=C(O)c1cc2c(OCc3ccccc3)cccc2n1Cc1cc(F)ccc1F. The molecule has 0 aliphatic rings. The first kappa shape index (κ1) is 18.7. The van der Waals surface area contributed by atoms with E-state index in [0.29, 0.717) is 23.3 Å². The molecule has 1 aromatic heterocycles. The van der Waals surface area contributed by atoms with Crippen LogP contribution in [0.1, 0.15) is 21.6 Å². The molecule has 1 N–H and O–H groups in total. The quantitative estimate of drug-likeness (QED) is 0.487. The summed E-state index contributed by atoms with van der Waals surface area (Å²) in [4.78, 5) is 11.8. The van der Waals surface area contributed by atoms with E-state index in [4.69, 9.17) is 4.74 Å². The summed E-state index contributed by atoms with van der Waals surface area (Å²) >= 11 is 0. The molecular weight excluding hydrogens is 376 g/mol. The third-order valence-corrected chi connectivity index (χ3v) is 4.70. The van der Waals surface area contributed by atoms with Crippen LogP contribution >= 0.6 is 0 Å². The van der Waals surface area contributed by atoms with Gasteiger partial charge in [-0.3, -0.25) is 0 Å². The van der Waals surface area contributed by atoms with E-state index >= 15 is 0 Å². The van der Waals surface area contributed by atoms with E-state index in [0.717, 1.165) is 23.8 Å². The van der Waals surface area contributed by atoms with Crippen molar-refractivity contribution in [2.75, 3.05) is 0 Å². The normalized spacial score (nSPS) is 11.0. The van der Waals surface area contributed by atoms with Crippen LogP contribution in [0.4, 0.5) is 8.78 Å². The molecular formula is C23H17F2NO3. The van der Waals surface area contributed by atoms with Crippen molar-refractivity contribution < 1.29 is 23.4 Å². The topological polar surface area (TPSA) is 51.5 Å². The number of carbonyl (C=O) groups is 1. The summed E-state index contributed by atoms with van der Waals surface area (Å²) < 4.78 is 35.0. The lowest BCUT2D eigenvalue weighted by molar-refractivity contribution is 0.0686. The van der Waals surface area contributed by atoms with Gasteiger partial charge in [0.15, 0.2) is 0 Å². The number of hydrogen-bond acceptors (Lipinski definition) is 2. The number of halogens is 2. The maximum atomic E-state index is 14.1. The second kappa shape index (κ2) is 7.75. The molecule has 3 aromatic carbocycles. The molecule has 0 radical (unpaired) electrons. The Morgan fingerprint density at radius 1 is 0.966 bits per heavy atom. The van der Waals surface area contributed by atoms with Crippen molar-refractivity contribution in [3.8, 4) is 5.75 Å². The number of carboxylic acids is 1. The monoisotopic (exact) mass is 393 g/mol. The van der Waals surface area contributed by atoms with Gasteiger partial charge in [0.25, 0.3) is 0 Å². The van der Waals surface area contributed by atoms with Crippen molar-refractivity contribution in [2.24, 2.45) is 0 Å². The number of fused-ring (bicyclic) bond motifs is 1. The van der Waals surface area contributed by atoms with Crippen molar-refractivity contribution in [2.45, 2.75) is 13.2 Å². The van der Waals surface area contributed by atoms with Crippen molar-refractivity contribution in [3.63, 3.8) is 0 Å². The van der Waals surface area contributed by atoms with E-state index in [1.54, 1.807) is 18.2 Å². The van der Waals surface area contributed by atoms with Crippen LogP contribution in [0.15, 0.2) is 72.8 Å². The van der Waals surface area contributed by atoms with Crippen LogP contribution in [-0.2, 0) is 13.2 Å². The van der Waals surface area contributed by atoms with Crippen molar-refractivity contribution in [3.05, 3.63) is 101 Å². The number of rotatable bonds is 6. The van der Waals surface area contributed by atoms with Crippen LogP contribution in [0.25, 0.3) is 10.9 Å². The summed E-state index contributed by atoms with van der Waals surface area (Å²) in [5.74, 6) is -1.82. The van der Waals surface area contributed by atoms with E-state index in [9.17, 15) is 18.7 Å². The smallest absolute Gasteiger partial charge is 0.352 e. The third-order valence-electron chi connectivity index (χ3n) is 4.70. The van der Waals surface area contributed by atoms with Crippen LogP contribution in [-0.4, -0.2) is 15.6 Å². The summed E-state index contributed by atoms with van der Waals surface area (Å²) in [6.07, 6.45) is 0. The highest BCUT2D eigenvalue weighted by Crippen LogP contribution is 2.31. The molecule has 0 amide bonds. The van der Waals surface area contributed by atoms with Gasteiger partial charge in [0, 0.05) is 10.9 Å². The molecule has 6 heteroatoms. The molecule has 0 atom stereocenters. The lowest BCUT2D eigenvalue weighted by Gasteiger charge is -2.11. The highest BCUT2D eigenvalue weighted by atomic mass is 19.1. The summed E-state index contributed by atoms with van der Waals surface area (Å²) in [6.45, 7) is 0.211.